The van der Waals surface area contributed by atoms with E-state index in [2.05, 4.69) is 46.0 Å². The molecule has 2 aliphatic heterocycles. The molecule has 20 heavy (non-hydrogen) atoms. The maximum atomic E-state index is 10.8. The molecule has 1 aromatic carbocycles. The summed E-state index contributed by atoms with van der Waals surface area (Å²) >= 11 is 3.60. The number of aryl methyl sites for hydroxylation is 1. The molecular formula is C16H18BrNO2. The number of fused-ring (bicyclic) bond motifs is 2. The molecule has 4 heteroatoms. The first-order valence-corrected chi connectivity index (χ1v) is 7.81. The molecule has 2 fully saturated rings. The first-order valence-electron chi connectivity index (χ1n) is 7.01. The Labute approximate surface area is 127 Å². The Morgan fingerprint density at radius 3 is 2.55 bits per heavy atom. The summed E-state index contributed by atoms with van der Waals surface area (Å²) in [5.41, 5.74) is 3.58. The molecule has 0 aromatic heterocycles. The summed E-state index contributed by atoms with van der Waals surface area (Å²) in [6, 6.07) is 7.41. The average Bonchev–Trinajstić information content (AvgIpc) is 2.64. The summed E-state index contributed by atoms with van der Waals surface area (Å²) in [5.74, 6) is -0.814. The molecule has 3 nitrogen and oxygen atoms in total. The molecule has 106 valence electrons. The van der Waals surface area contributed by atoms with E-state index in [-0.39, 0.29) is 0 Å². The van der Waals surface area contributed by atoms with Crippen molar-refractivity contribution in [2.75, 3.05) is 4.90 Å². The number of carboxylic acids is 1. The second-order valence-corrected chi connectivity index (χ2v) is 6.63. The first-order chi connectivity index (χ1) is 9.54. The van der Waals surface area contributed by atoms with E-state index in [1.54, 1.807) is 0 Å². The molecule has 0 amide bonds. The first kappa shape index (κ1) is 13.7. The zero-order valence-corrected chi connectivity index (χ0v) is 13.1. The van der Waals surface area contributed by atoms with Crippen molar-refractivity contribution in [3.8, 4) is 0 Å². The van der Waals surface area contributed by atoms with Crippen LogP contribution in [0.3, 0.4) is 0 Å². The summed E-state index contributed by atoms with van der Waals surface area (Å²) in [5, 5.41) is 8.91. The van der Waals surface area contributed by atoms with Crippen molar-refractivity contribution in [3.05, 3.63) is 39.9 Å². The van der Waals surface area contributed by atoms with Gasteiger partial charge in [-0.3, -0.25) is 0 Å². The van der Waals surface area contributed by atoms with Crippen LogP contribution in [-0.4, -0.2) is 23.2 Å². The quantitative estimate of drug-likeness (QED) is 0.833. The Balaban J connectivity index is 1.87. The molecule has 1 aromatic rings. The van der Waals surface area contributed by atoms with Gasteiger partial charge in [0.05, 0.1) is 0 Å². The maximum absolute atomic E-state index is 10.8. The van der Waals surface area contributed by atoms with Crippen LogP contribution in [0.4, 0.5) is 5.69 Å². The normalized spacial score (nSPS) is 24.9. The number of hydrogen-bond acceptors (Lipinski definition) is 2. The van der Waals surface area contributed by atoms with E-state index in [1.807, 2.05) is 0 Å². The van der Waals surface area contributed by atoms with Crippen LogP contribution in [0.15, 0.2) is 34.3 Å². The Morgan fingerprint density at radius 1 is 1.35 bits per heavy atom. The van der Waals surface area contributed by atoms with Crippen LogP contribution >= 0.6 is 15.9 Å². The van der Waals surface area contributed by atoms with Crippen molar-refractivity contribution in [1.29, 1.82) is 0 Å². The van der Waals surface area contributed by atoms with Gasteiger partial charge in [-0.1, -0.05) is 27.6 Å². The Kier molecular flexibility index (Phi) is 3.59. The number of aliphatic carboxylic acids is 1. The summed E-state index contributed by atoms with van der Waals surface area (Å²) in [4.78, 5) is 13.3. The van der Waals surface area contributed by atoms with Crippen LogP contribution in [0.25, 0.3) is 0 Å². The van der Waals surface area contributed by atoms with Crippen molar-refractivity contribution >= 4 is 27.6 Å². The lowest BCUT2D eigenvalue weighted by Crippen LogP contribution is -2.40. The predicted molar refractivity (Wildman–Crippen MR) is 83.1 cm³/mol. The third kappa shape index (κ3) is 2.49. The van der Waals surface area contributed by atoms with Gasteiger partial charge in [-0.05, 0) is 50.3 Å². The van der Waals surface area contributed by atoms with E-state index in [0.717, 1.165) is 35.7 Å². The Bertz CT molecular complexity index is 566. The Hall–Kier alpha value is -1.29. The van der Waals surface area contributed by atoms with Crippen LogP contribution < -0.4 is 4.90 Å². The number of piperidine rings is 1. The molecule has 3 rings (SSSR count). The monoisotopic (exact) mass is 335 g/mol. The number of halogens is 1. The number of nitrogens with zero attached hydrogens (tertiary/aromatic N) is 1. The average molecular weight is 336 g/mol. The molecule has 2 bridgehead atoms. The van der Waals surface area contributed by atoms with Gasteiger partial charge in [0, 0.05) is 28.3 Å². The number of hydrogen-bond donors (Lipinski definition) is 1. The summed E-state index contributed by atoms with van der Waals surface area (Å²) in [6.45, 7) is 2.09. The fourth-order valence-corrected chi connectivity index (χ4v) is 3.87. The van der Waals surface area contributed by atoms with Crippen molar-refractivity contribution < 1.29 is 9.90 Å². The van der Waals surface area contributed by atoms with Crippen molar-refractivity contribution in [2.45, 2.75) is 44.7 Å². The van der Waals surface area contributed by atoms with E-state index in [4.69, 9.17) is 5.11 Å². The molecule has 2 atom stereocenters. The van der Waals surface area contributed by atoms with E-state index >= 15 is 0 Å². The maximum Gasteiger partial charge on any atom is 0.328 e. The van der Waals surface area contributed by atoms with E-state index < -0.39 is 5.97 Å². The minimum Gasteiger partial charge on any atom is -0.478 e. The topological polar surface area (TPSA) is 40.5 Å². The molecule has 0 saturated carbocycles. The third-order valence-corrected chi connectivity index (χ3v) is 5.25. The minimum atomic E-state index is -0.814. The highest BCUT2D eigenvalue weighted by Gasteiger charge is 2.38. The molecule has 2 aliphatic rings. The summed E-state index contributed by atoms with van der Waals surface area (Å²) in [6.07, 6.45) is 5.50. The van der Waals surface area contributed by atoms with Crippen LogP contribution in [0.1, 0.15) is 31.2 Å². The van der Waals surface area contributed by atoms with Gasteiger partial charge in [0.1, 0.15) is 0 Å². The van der Waals surface area contributed by atoms with Gasteiger partial charge >= 0.3 is 5.97 Å². The molecule has 2 heterocycles. The second-order valence-electron chi connectivity index (χ2n) is 5.77. The van der Waals surface area contributed by atoms with Gasteiger partial charge in [0.2, 0.25) is 0 Å². The van der Waals surface area contributed by atoms with Crippen molar-refractivity contribution in [1.82, 2.24) is 0 Å². The fraction of sp³-hybridized carbons (Fsp3) is 0.438. The lowest BCUT2D eigenvalue weighted by Gasteiger charge is -2.38. The number of anilines is 1. The van der Waals surface area contributed by atoms with Crippen molar-refractivity contribution in [2.24, 2.45) is 0 Å². The molecule has 0 aliphatic carbocycles. The molecule has 1 N–H and O–H groups in total. The molecule has 2 unspecified atom stereocenters. The van der Waals surface area contributed by atoms with Crippen LogP contribution in [-0.2, 0) is 4.79 Å². The van der Waals surface area contributed by atoms with Gasteiger partial charge in [0.25, 0.3) is 0 Å². The molecular weight excluding hydrogens is 318 g/mol. The largest absolute Gasteiger partial charge is 0.478 e. The SMILES string of the molecule is Cc1ccc(N2C3CCC2CC(=CC(=O)O)C3)cc1Br. The fourth-order valence-electron chi connectivity index (χ4n) is 3.51. The predicted octanol–water partition coefficient (Wildman–Crippen LogP) is 3.90. The highest BCUT2D eigenvalue weighted by Crippen LogP contribution is 2.42. The highest BCUT2D eigenvalue weighted by molar-refractivity contribution is 9.10. The van der Waals surface area contributed by atoms with Gasteiger partial charge in [-0.15, -0.1) is 0 Å². The number of carbonyl (C=O) groups is 1. The van der Waals surface area contributed by atoms with E-state index in [1.165, 1.54) is 17.3 Å². The van der Waals surface area contributed by atoms with Crippen LogP contribution in [0.5, 0.6) is 0 Å². The van der Waals surface area contributed by atoms with E-state index in [9.17, 15) is 4.79 Å². The molecule has 2 saturated heterocycles. The van der Waals surface area contributed by atoms with Gasteiger partial charge in [0.15, 0.2) is 0 Å². The number of carboxylic acid groups (broad SMARTS) is 1. The lowest BCUT2D eigenvalue weighted by molar-refractivity contribution is -0.131. The van der Waals surface area contributed by atoms with Crippen LogP contribution in [0.2, 0.25) is 0 Å². The van der Waals surface area contributed by atoms with Crippen LogP contribution in [0, 0.1) is 6.92 Å². The van der Waals surface area contributed by atoms with E-state index in [0.29, 0.717) is 12.1 Å². The highest BCUT2D eigenvalue weighted by atomic mass is 79.9. The second kappa shape index (κ2) is 5.24. The molecule has 0 spiro atoms. The lowest BCUT2D eigenvalue weighted by atomic mass is 9.95. The van der Waals surface area contributed by atoms with Crippen molar-refractivity contribution in [3.63, 3.8) is 0 Å². The zero-order valence-electron chi connectivity index (χ0n) is 11.5. The molecule has 0 radical (unpaired) electrons. The minimum absolute atomic E-state index is 0.453. The number of benzene rings is 1. The van der Waals surface area contributed by atoms with Gasteiger partial charge in [-0.2, -0.15) is 0 Å². The number of rotatable bonds is 2. The standard InChI is InChI=1S/C16H18BrNO2/c1-10-2-3-14(9-15(10)17)18-12-4-5-13(18)7-11(6-12)8-16(19)20/h2-3,8-9,12-13H,4-7H2,1H3,(H,19,20). The summed E-state index contributed by atoms with van der Waals surface area (Å²) < 4.78 is 1.14. The summed E-state index contributed by atoms with van der Waals surface area (Å²) in [7, 11) is 0. The van der Waals surface area contributed by atoms with Gasteiger partial charge < -0.3 is 10.0 Å². The van der Waals surface area contributed by atoms with Gasteiger partial charge in [-0.25, -0.2) is 4.79 Å². The Morgan fingerprint density at radius 2 is 2.00 bits per heavy atom. The zero-order chi connectivity index (χ0) is 14.3. The third-order valence-electron chi connectivity index (χ3n) is 4.40. The smallest absolute Gasteiger partial charge is 0.328 e.